The topological polar surface area (TPSA) is 88.5 Å². The van der Waals surface area contributed by atoms with E-state index < -0.39 is 0 Å². The zero-order valence-corrected chi connectivity index (χ0v) is 16.1. The van der Waals surface area contributed by atoms with Crippen LogP contribution in [0.2, 0.25) is 0 Å². The first-order chi connectivity index (χ1) is 13.6. The van der Waals surface area contributed by atoms with Gasteiger partial charge in [0.05, 0.1) is 29.7 Å². The quantitative estimate of drug-likeness (QED) is 0.655. The third-order valence-electron chi connectivity index (χ3n) is 5.40. The minimum atomic E-state index is -0.364. The number of amides is 1. The van der Waals surface area contributed by atoms with Crippen LogP contribution in [0.25, 0.3) is 5.65 Å². The van der Waals surface area contributed by atoms with Gasteiger partial charge in [0.25, 0.3) is 0 Å². The predicted octanol–water partition coefficient (Wildman–Crippen LogP) is 1.81. The maximum atomic E-state index is 11.1. The molecule has 3 aromatic rings. The second kappa shape index (κ2) is 8.08. The van der Waals surface area contributed by atoms with E-state index in [-0.39, 0.29) is 12.5 Å². The number of nitrogens with zero attached hydrogens (tertiary/aromatic N) is 4. The first-order valence-electron chi connectivity index (χ1n) is 9.71. The Bertz CT molecular complexity index is 982. The third kappa shape index (κ3) is 3.76. The van der Waals surface area contributed by atoms with Crippen molar-refractivity contribution in [2.45, 2.75) is 38.4 Å². The van der Waals surface area contributed by atoms with Gasteiger partial charge in [-0.1, -0.05) is 12.1 Å². The van der Waals surface area contributed by atoms with Gasteiger partial charge in [-0.3, -0.25) is 14.7 Å². The average molecular weight is 378 g/mol. The first kappa shape index (κ1) is 18.6. The largest absolute Gasteiger partial charge is 0.369 e. The fraction of sp³-hybridized carbons (Fsp3) is 0.381. The summed E-state index contributed by atoms with van der Waals surface area (Å²) in [5, 5.41) is 3.12. The summed E-state index contributed by atoms with van der Waals surface area (Å²) < 4.78 is 2.07. The molecule has 0 fully saturated rings. The Labute approximate surface area is 164 Å². The van der Waals surface area contributed by atoms with Crippen molar-refractivity contribution in [2.24, 2.45) is 5.73 Å². The van der Waals surface area contributed by atoms with E-state index in [2.05, 4.69) is 32.7 Å². The van der Waals surface area contributed by atoms with E-state index >= 15 is 0 Å². The molecule has 0 aromatic carbocycles. The molecule has 7 heteroatoms. The lowest BCUT2D eigenvalue weighted by Gasteiger charge is -2.32. The molecular formula is C21H26N6O. The molecular weight excluding hydrogens is 352 g/mol. The minimum Gasteiger partial charge on any atom is -0.369 e. The number of nitrogens with two attached hydrogens (primary N) is 1. The summed E-state index contributed by atoms with van der Waals surface area (Å²) in [7, 11) is 2.14. The molecule has 3 aromatic heterocycles. The number of hydrogen-bond acceptors (Lipinski definition) is 5. The maximum Gasteiger partial charge on any atom is 0.231 e. The van der Waals surface area contributed by atoms with Crippen molar-refractivity contribution in [3.63, 3.8) is 0 Å². The minimum absolute atomic E-state index is 0.148. The Hall–Kier alpha value is -2.77. The van der Waals surface area contributed by atoms with Gasteiger partial charge in [-0.25, -0.2) is 4.98 Å². The molecule has 0 saturated carbocycles. The molecule has 1 aliphatic carbocycles. The first-order valence-corrected chi connectivity index (χ1v) is 9.71. The van der Waals surface area contributed by atoms with Crippen LogP contribution in [0, 0.1) is 0 Å². The molecule has 7 nitrogen and oxygen atoms in total. The van der Waals surface area contributed by atoms with Gasteiger partial charge in [-0.05, 0) is 50.1 Å². The summed E-state index contributed by atoms with van der Waals surface area (Å²) in [5.41, 5.74) is 10.8. The van der Waals surface area contributed by atoms with Crippen molar-refractivity contribution < 1.29 is 4.79 Å². The number of imidazole rings is 1. The van der Waals surface area contributed by atoms with E-state index in [0.717, 1.165) is 36.4 Å². The van der Waals surface area contributed by atoms with Gasteiger partial charge in [-0.15, -0.1) is 0 Å². The van der Waals surface area contributed by atoms with Gasteiger partial charge >= 0.3 is 0 Å². The average Bonchev–Trinajstić information content (AvgIpc) is 3.04. The Kier molecular flexibility index (Phi) is 5.36. The molecule has 0 aliphatic heterocycles. The van der Waals surface area contributed by atoms with Crippen molar-refractivity contribution in [3.8, 4) is 0 Å². The molecule has 3 N–H and O–H groups in total. The van der Waals surface area contributed by atoms with Crippen LogP contribution in [0.1, 0.15) is 41.5 Å². The highest BCUT2D eigenvalue weighted by atomic mass is 16.1. The molecule has 1 amide bonds. The van der Waals surface area contributed by atoms with Crippen LogP contribution >= 0.6 is 0 Å². The number of rotatable bonds is 7. The summed E-state index contributed by atoms with van der Waals surface area (Å²) in [6.07, 6.45) is 7.26. The van der Waals surface area contributed by atoms with E-state index in [1.54, 1.807) is 0 Å². The second-order valence-electron chi connectivity index (χ2n) is 7.37. The molecule has 0 bridgehead atoms. The molecule has 3 heterocycles. The van der Waals surface area contributed by atoms with Crippen LogP contribution in [-0.2, 0) is 24.3 Å². The van der Waals surface area contributed by atoms with Crippen molar-refractivity contribution >= 4 is 11.6 Å². The molecule has 1 aliphatic rings. The third-order valence-corrected chi connectivity index (χ3v) is 5.40. The number of carbonyl (C=O) groups is 1. The van der Waals surface area contributed by atoms with Gasteiger partial charge < -0.3 is 15.5 Å². The summed E-state index contributed by atoms with van der Waals surface area (Å²) in [5.74, 6) is -0.364. The van der Waals surface area contributed by atoms with E-state index in [9.17, 15) is 4.79 Å². The van der Waals surface area contributed by atoms with Crippen molar-refractivity contribution in [1.82, 2.24) is 24.6 Å². The second-order valence-corrected chi connectivity index (χ2v) is 7.37. The molecule has 1 unspecified atom stereocenters. The Morgan fingerprint density at radius 2 is 2.25 bits per heavy atom. The zero-order chi connectivity index (χ0) is 19.5. The van der Waals surface area contributed by atoms with Gasteiger partial charge in [-0.2, -0.15) is 0 Å². The van der Waals surface area contributed by atoms with E-state index in [4.69, 9.17) is 10.7 Å². The Balaban J connectivity index is 1.60. The van der Waals surface area contributed by atoms with Crippen LogP contribution in [0.15, 0.2) is 42.7 Å². The number of aryl methyl sites for hydroxylation is 1. The normalized spacial score (nSPS) is 16.4. The van der Waals surface area contributed by atoms with E-state index in [1.807, 2.05) is 36.7 Å². The van der Waals surface area contributed by atoms with E-state index in [1.165, 1.54) is 17.7 Å². The number of aromatic nitrogens is 3. The number of pyridine rings is 2. The van der Waals surface area contributed by atoms with Gasteiger partial charge in [0.15, 0.2) is 0 Å². The van der Waals surface area contributed by atoms with Crippen molar-refractivity contribution in [2.75, 3.05) is 13.6 Å². The fourth-order valence-corrected chi connectivity index (χ4v) is 4.07. The molecule has 4 rings (SSSR count). The summed E-state index contributed by atoms with van der Waals surface area (Å²) in [6.45, 7) is 1.40. The SMILES string of the molecule is CN(Cc1nc2ccccn2c1CNCC(N)=O)C1CCCc2cccnc21. The van der Waals surface area contributed by atoms with E-state index in [0.29, 0.717) is 12.6 Å². The fourth-order valence-electron chi connectivity index (χ4n) is 4.07. The van der Waals surface area contributed by atoms with Crippen LogP contribution < -0.4 is 11.1 Å². The molecule has 0 saturated heterocycles. The monoisotopic (exact) mass is 378 g/mol. The Morgan fingerprint density at radius 1 is 1.36 bits per heavy atom. The van der Waals surface area contributed by atoms with Gasteiger partial charge in [0, 0.05) is 25.5 Å². The number of carbonyl (C=O) groups excluding carboxylic acids is 1. The van der Waals surface area contributed by atoms with Crippen molar-refractivity contribution in [3.05, 3.63) is 65.4 Å². The lowest BCUT2D eigenvalue weighted by Crippen LogP contribution is -2.30. The number of fused-ring (bicyclic) bond motifs is 2. The highest BCUT2D eigenvalue weighted by Crippen LogP contribution is 2.33. The number of nitrogens with one attached hydrogen (secondary N) is 1. The summed E-state index contributed by atoms with van der Waals surface area (Å²) >= 11 is 0. The van der Waals surface area contributed by atoms with Crippen LogP contribution in [0.4, 0.5) is 0 Å². The lowest BCUT2D eigenvalue weighted by molar-refractivity contribution is -0.117. The number of primary amides is 1. The van der Waals surface area contributed by atoms with Crippen LogP contribution in [0.3, 0.4) is 0 Å². The lowest BCUT2D eigenvalue weighted by atomic mass is 9.91. The van der Waals surface area contributed by atoms with Gasteiger partial charge in [0.2, 0.25) is 5.91 Å². The van der Waals surface area contributed by atoms with Crippen LogP contribution in [0.5, 0.6) is 0 Å². The summed E-state index contributed by atoms with van der Waals surface area (Å²) in [4.78, 5) is 22.9. The number of hydrogen-bond donors (Lipinski definition) is 2. The highest BCUT2D eigenvalue weighted by Gasteiger charge is 2.26. The predicted molar refractivity (Wildman–Crippen MR) is 107 cm³/mol. The van der Waals surface area contributed by atoms with Crippen LogP contribution in [-0.4, -0.2) is 38.8 Å². The zero-order valence-electron chi connectivity index (χ0n) is 16.1. The molecule has 146 valence electrons. The van der Waals surface area contributed by atoms with Crippen molar-refractivity contribution in [1.29, 1.82) is 0 Å². The molecule has 0 spiro atoms. The smallest absolute Gasteiger partial charge is 0.231 e. The maximum absolute atomic E-state index is 11.1. The highest BCUT2D eigenvalue weighted by molar-refractivity contribution is 5.75. The molecule has 28 heavy (non-hydrogen) atoms. The summed E-state index contributed by atoms with van der Waals surface area (Å²) in [6, 6.07) is 10.5. The van der Waals surface area contributed by atoms with Gasteiger partial charge in [0.1, 0.15) is 5.65 Å². The standard InChI is InChI=1S/C21H26N6O/c1-26(17-8-4-6-15-7-5-10-24-21(15)17)14-16-18(12-23-13-19(22)28)27-11-3-2-9-20(27)25-16/h2-3,5,7,9-11,17,23H,4,6,8,12-14H2,1H3,(H2,22,28). The Morgan fingerprint density at radius 3 is 3.11 bits per heavy atom. The molecule has 0 radical (unpaired) electrons. The molecule has 1 atom stereocenters.